The third-order valence-corrected chi connectivity index (χ3v) is 5.91. The fourth-order valence-electron chi connectivity index (χ4n) is 4.20. The first-order chi connectivity index (χ1) is 15.2. The summed E-state index contributed by atoms with van der Waals surface area (Å²) in [6.45, 7) is 0.915. The number of aliphatic hydroxyl groups excluding tert-OH is 1. The third-order valence-electron chi connectivity index (χ3n) is 5.91. The van der Waals surface area contributed by atoms with E-state index in [1.165, 1.54) is 12.5 Å². The molecule has 0 unspecified atom stereocenters. The lowest BCUT2D eigenvalue weighted by Crippen LogP contribution is -2.62. The van der Waals surface area contributed by atoms with E-state index >= 15 is 0 Å². The van der Waals surface area contributed by atoms with Crippen LogP contribution in [0.3, 0.4) is 0 Å². The number of nitrogens with one attached hydrogen (secondary N) is 1. The lowest BCUT2D eigenvalue weighted by molar-refractivity contribution is 0.0364. The SMILES string of the molecule is O=C(N[C@]1(c2ccccc2)CCN(c2cnc3ccccc3n2)C[C@H]1O)c1ccoc1. The quantitative estimate of drug-likeness (QED) is 0.533. The lowest BCUT2D eigenvalue weighted by atomic mass is 9.78. The van der Waals surface area contributed by atoms with Crippen LogP contribution in [0.5, 0.6) is 0 Å². The molecule has 0 aliphatic carbocycles. The first kappa shape index (κ1) is 19.3. The van der Waals surface area contributed by atoms with Gasteiger partial charge in [0.25, 0.3) is 5.91 Å². The van der Waals surface area contributed by atoms with Crippen LogP contribution >= 0.6 is 0 Å². The molecule has 5 rings (SSSR count). The van der Waals surface area contributed by atoms with Crippen LogP contribution in [-0.2, 0) is 5.54 Å². The largest absolute Gasteiger partial charge is 0.472 e. The zero-order valence-electron chi connectivity index (χ0n) is 16.8. The molecule has 0 bridgehead atoms. The van der Waals surface area contributed by atoms with Gasteiger partial charge in [0.1, 0.15) is 12.1 Å². The number of piperidine rings is 1. The number of aromatic nitrogens is 2. The van der Waals surface area contributed by atoms with Crippen molar-refractivity contribution in [2.24, 2.45) is 0 Å². The van der Waals surface area contributed by atoms with Crippen molar-refractivity contribution in [2.45, 2.75) is 18.1 Å². The van der Waals surface area contributed by atoms with Gasteiger partial charge in [0.15, 0.2) is 0 Å². The maximum atomic E-state index is 12.9. The normalized spacial score (nSPS) is 21.2. The van der Waals surface area contributed by atoms with Crippen LogP contribution < -0.4 is 10.2 Å². The molecule has 0 saturated carbocycles. The van der Waals surface area contributed by atoms with E-state index < -0.39 is 11.6 Å². The van der Waals surface area contributed by atoms with Crippen molar-refractivity contribution < 1.29 is 14.3 Å². The number of carbonyl (C=O) groups excluding carboxylic acids is 1. The molecule has 156 valence electrons. The maximum Gasteiger partial charge on any atom is 0.255 e. The first-order valence-electron chi connectivity index (χ1n) is 10.2. The number of anilines is 1. The number of aliphatic hydroxyl groups is 1. The number of β-amino-alcohol motifs (C(OH)–C–C–N with tert-alkyl or cyclic N) is 1. The van der Waals surface area contributed by atoms with Crippen LogP contribution in [0.4, 0.5) is 5.82 Å². The van der Waals surface area contributed by atoms with Crippen LogP contribution in [0.15, 0.2) is 83.8 Å². The zero-order valence-corrected chi connectivity index (χ0v) is 16.8. The number of para-hydroxylation sites is 2. The molecule has 2 atom stereocenters. The van der Waals surface area contributed by atoms with Gasteiger partial charge in [-0.25, -0.2) is 4.98 Å². The summed E-state index contributed by atoms with van der Waals surface area (Å²) >= 11 is 0. The van der Waals surface area contributed by atoms with E-state index in [4.69, 9.17) is 9.40 Å². The molecule has 31 heavy (non-hydrogen) atoms. The Morgan fingerprint density at radius 2 is 1.87 bits per heavy atom. The van der Waals surface area contributed by atoms with E-state index in [1.807, 2.05) is 59.5 Å². The smallest absolute Gasteiger partial charge is 0.255 e. The Labute approximate surface area is 179 Å². The van der Waals surface area contributed by atoms with Crippen LogP contribution in [0.2, 0.25) is 0 Å². The van der Waals surface area contributed by atoms with Gasteiger partial charge in [-0.3, -0.25) is 9.78 Å². The topological polar surface area (TPSA) is 91.5 Å². The first-order valence-corrected chi connectivity index (χ1v) is 10.2. The molecule has 1 fully saturated rings. The number of hydrogen-bond donors (Lipinski definition) is 2. The van der Waals surface area contributed by atoms with Crippen molar-refractivity contribution >= 4 is 22.8 Å². The summed E-state index contributed by atoms with van der Waals surface area (Å²) in [4.78, 5) is 24.1. The van der Waals surface area contributed by atoms with Crippen molar-refractivity contribution in [1.82, 2.24) is 15.3 Å². The van der Waals surface area contributed by atoms with Crippen LogP contribution in [-0.4, -0.2) is 40.2 Å². The summed E-state index contributed by atoms with van der Waals surface area (Å²) in [5.74, 6) is 0.427. The van der Waals surface area contributed by atoms with Crippen molar-refractivity contribution in [3.63, 3.8) is 0 Å². The standard InChI is InChI=1S/C24H22N4O3/c29-21-15-28(22-14-25-19-8-4-5-9-20(19)26-22)12-11-24(21,18-6-2-1-3-7-18)27-23(30)17-10-13-31-16-17/h1-10,13-14,16,21,29H,11-12,15H2,(H,27,30)/t21-,24+/m1/s1. The number of rotatable bonds is 4. The molecule has 4 aromatic rings. The van der Waals surface area contributed by atoms with E-state index in [0.29, 0.717) is 30.9 Å². The maximum absolute atomic E-state index is 12.9. The fraction of sp³-hybridized carbons (Fsp3) is 0.208. The minimum absolute atomic E-state index is 0.282. The molecule has 3 heterocycles. The number of amides is 1. The highest BCUT2D eigenvalue weighted by molar-refractivity contribution is 5.94. The highest BCUT2D eigenvalue weighted by Crippen LogP contribution is 2.35. The predicted molar refractivity (Wildman–Crippen MR) is 117 cm³/mol. The lowest BCUT2D eigenvalue weighted by Gasteiger charge is -2.46. The van der Waals surface area contributed by atoms with Crippen molar-refractivity contribution in [3.8, 4) is 0 Å². The molecule has 0 radical (unpaired) electrons. The van der Waals surface area contributed by atoms with E-state index in [-0.39, 0.29) is 5.91 Å². The Kier molecular flexibility index (Phi) is 4.88. The van der Waals surface area contributed by atoms with Gasteiger partial charge >= 0.3 is 0 Å². The Morgan fingerprint density at radius 3 is 2.61 bits per heavy atom. The second-order valence-electron chi connectivity index (χ2n) is 7.73. The number of carbonyl (C=O) groups is 1. The summed E-state index contributed by atoms with van der Waals surface area (Å²) in [5.41, 5.74) is 2.00. The van der Waals surface area contributed by atoms with Gasteiger partial charge in [-0.15, -0.1) is 0 Å². The van der Waals surface area contributed by atoms with Gasteiger partial charge in [0, 0.05) is 13.1 Å². The molecule has 1 aliphatic rings. The molecule has 7 nitrogen and oxygen atoms in total. The van der Waals surface area contributed by atoms with Gasteiger partial charge in [-0.2, -0.15) is 0 Å². The number of fused-ring (bicyclic) bond motifs is 1. The van der Waals surface area contributed by atoms with Gasteiger partial charge in [-0.1, -0.05) is 42.5 Å². The molecular weight excluding hydrogens is 392 g/mol. The summed E-state index contributed by atoms with van der Waals surface area (Å²) in [5, 5.41) is 14.4. The molecule has 2 aromatic carbocycles. The second-order valence-corrected chi connectivity index (χ2v) is 7.73. The molecule has 1 saturated heterocycles. The molecule has 2 aromatic heterocycles. The molecule has 0 spiro atoms. The van der Waals surface area contributed by atoms with Crippen molar-refractivity contribution in [2.75, 3.05) is 18.0 Å². The summed E-state index contributed by atoms with van der Waals surface area (Å²) in [7, 11) is 0. The molecule has 1 amide bonds. The number of hydrogen-bond acceptors (Lipinski definition) is 6. The Morgan fingerprint density at radius 1 is 1.10 bits per heavy atom. The highest BCUT2D eigenvalue weighted by atomic mass is 16.3. The van der Waals surface area contributed by atoms with E-state index in [2.05, 4.69) is 10.3 Å². The average Bonchev–Trinajstić information content (AvgIpc) is 3.36. The average molecular weight is 414 g/mol. The molecule has 2 N–H and O–H groups in total. The zero-order chi connectivity index (χ0) is 21.3. The van der Waals surface area contributed by atoms with Crippen LogP contribution in [0, 0.1) is 0 Å². The third kappa shape index (κ3) is 3.53. The Bertz CT molecular complexity index is 1200. The van der Waals surface area contributed by atoms with Gasteiger partial charge in [-0.05, 0) is 30.2 Å². The van der Waals surface area contributed by atoms with Crippen LogP contribution in [0.25, 0.3) is 11.0 Å². The van der Waals surface area contributed by atoms with E-state index in [1.54, 1.807) is 12.3 Å². The Hall–Kier alpha value is -3.71. The monoisotopic (exact) mass is 414 g/mol. The Balaban J connectivity index is 1.45. The highest BCUT2D eigenvalue weighted by Gasteiger charge is 2.45. The van der Waals surface area contributed by atoms with Crippen LogP contribution in [0.1, 0.15) is 22.3 Å². The summed E-state index contributed by atoms with van der Waals surface area (Å²) in [6.07, 6.45) is 4.25. The summed E-state index contributed by atoms with van der Waals surface area (Å²) < 4.78 is 5.05. The van der Waals surface area contributed by atoms with Crippen molar-refractivity contribution in [1.29, 1.82) is 0 Å². The van der Waals surface area contributed by atoms with Gasteiger partial charge < -0.3 is 19.7 Å². The van der Waals surface area contributed by atoms with Gasteiger partial charge in [0.2, 0.25) is 0 Å². The minimum Gasteiger partial charge on any atom is -0.472 e. The minimum atomic E-state index is -0.920. The second kappa shape index (κ2) is 7.85. The predicted octanol–water partition coefficient (Wildman–Crippen LogP) is 3.12. The van der Waals surface area contributed by atoms with Crippen molar-refractivity contribution in [3.05, 3.63) is 90.5 Å². The molecular formula is C24H22N4O3. The number of benzene rings is 2. The van der Waals surface area contributed by atoms with E-state index in [9.17, 15) is 9.90 Å². The number of nitrogens with zero attached hydrogens (tertiary/aromatic N) is 3. The number of furan rings is 1. The van der Waals surface area contributed by atoms with Gasteiger partial charge in [0.05, 0.1) is 40.7 Å². The summed E-state index contributed by atoms with van der Waals surface area (Å²) in [6, 6.07) is 18.9. The molecule has 7 heteroatoms. The fourth-order valence-corrected chi connectivity index (χ4v) is 4.20. The molecule has 1 aliphatic heterocycles. The van der Waals surface area contributed by atoms with E-state index in [0.717, 1.165) is 16.6 Å².